The number of aromatic nitrogens is 3. The minimum atomic E-state index is -4.32. The molecule has 2 amide bonds. The fraction of sp³-hybridized carbons (Fsp3) is 0.556. The van der Waals surface area contributed by atoms with Gasteiger partial charge in [-0.15, -0.1) is 0 Å². The molecule has 2 N–H and O–H groups in total. The van der Waals surface area contributed by atoms with E-state index in [-0.39, 0.29) is 25.1 Å². The Morgan fingerprint density at radius 3 is 2.71 bits per heavy atom. The van der Waals surface area contributed by atoms with Gasteiger partial charge in [0.15, 0.2) is 5.65 Å². The molecule has 2 aromatic heterocycles. The summed E-state index contributed by atoms with van der Waals surface area (Å²) in [5, 5.41) is 2.57. The van der Waals surface area contributed by atoms with E-state index in [1.54, 1.807) is 6.20 Å². The molecule has 2 atom stereocenters. The normalized spacial score (nSPS) is 21.1. The molecule has 0 aromatic carbocycles. The molecule has 3 heterocycles. The number of rotatable bonds is 4. The first kappa shape index (κ1) is 18.7. The molecule has 10 heteroatoms. The molecule has 150 valence electrons. The molecule has 0 bridgehead atoms. The summed E-state index contributed by atoms with van der Waals surface area (Å²) in [5.41, 5.74) is 2.00. The van der Waals surface area contributed by atoms with E-state index in [0.717, 1.165) is 23.4 Å². The van der Waals surface area contributed by atoms with Crippen molar-refractivity contribution in [1.29, 1.82) is 0 Å². The van der Waals surface area contributed by atoms with Gasteiger partial charge >= 0.3 is 6.18 Å². The highest BCUT2D eigenvalue weighted by atomic mass is 19.4. The predicted octanol–water partition coefficient (Wildman–Crippen LogP) is 2.36. The van der Waals surface area contributed by atoms with E-state index in [9.17, 15) is 22.8 Å². The summed E-state index contributed by atoms with van der Waals surface area (Å²) in [7, 11) is 0. The Bertz CT molecular complexity index is 922. The predicted molar refractivity (Wildman–Crippen MR) is 93.5 cm³/mol. The van der Waals surface area contributed by atoms with E-state index in [1.807, 2.05) is 0 Å². The first-order valence-corrected chi connectivity index (χ1v) is 9.24. The van der Waals surface area contributed by atoms with Gasteiger partial charge in [-0.25, -0.2) is 9.97 Å². The first-order chi connectivity index (χ1) is 13.2. The minimum Gasteiger partial charge on any atom is -0.344 e. The molecule has 1 saturated heterocycles. The molecule has 2 aliphatic rings. The Morgan fingerprint density at radius 2 is 2.07 bits per heavy atom. The molecule has 0 radical (unpaired) electrons. The molecular weight excluding hydrogens is 375 g/mol. The Kier molecular flexibility index (Phi) is 4.51. The number of likely N-dealkylation sites (tertiary alicyclic amines) is 1. The van der Waals surface area contributed by atoms with E-state index in [4.69, 9.17) is 0 Å². The Morgan fingerprint density at radius 1 is 1.32 bits per heavy atom. The maximum atomic E-state index is 12.8. The molecule has 4 rings (SSSR count). The fourth-order valence-corrected chi connectivity index (χ4v) is 3.49. The largest absolute Gasteiger partial charge is 0.393 e. The van der Waals surface area contributed by atoms with Crippen LogP contribution in [0.15, 0.2) is 12.4 Å². The van der Waals surface area contributed by atoms with Crippen LogP contribution in [0.25, 0.3) is 11.2 Å². The summed E-state index contributed by atoms with van der Waals surface area (Å²) in [6, 6.07) is -0.941. The van der Waals surface area contributed by atoms with Gasteiger partial charge < -0.3 is 15.2 Å². The van der Waals surface area contributed by atoms with Crippen molar-refractivity contribution in [2.24, 2.45) is 5.92 Å². The van der Waals surface area contributed by atoms with Crippen LogP contribution in [0.5, 0.6) is 0 Å². The van der Waals surface area contributed by atoms with E-state index in [1.165, 1.54) is 13.1 Å². The van der Waals surface area contributed by atoms with Gasteiger partial charge in [0.1, 0.15) is 11.6 Å². The molecule has 1 aliphatic carbocycles. The van der Waals surface area contributed by atoms with Gasteiger partial charge in [-0.3, -0.25) is 9.59 Å². The number of H-pyrrole nitrogens is 1. The monoisotopic (exact) mass is 395 g/mol. The molecule has 28 heavy (non-hydrogen) atoms. The maximum Gasteiger partial charge on any atom is 0.393 e. The fourth-order valence-electron chi connectivity index (χ4n) is 3.49. The van der Waals surface area contributed by atoms with Crippen LogP contribution in [-0.4, -0.2) is 57.0 Å². The average molecular weight is 395 g/mol. The number of carbonyl (C=O) groups is 2. The van der Waals surface area contributed by atoms with Crippen molar-refractivity contribution in [3.05, 3.63) is 23.7 Å². The highest BCUT2D eigenvalue weighted by Crippen LogP contribution is 2.39. The molecule has 1 saturated carbocycles. The van der Waals surface area contributed by atoms with Crippen molar-refractivity contribution < 1.29 is 22.8 Å². The van der Waals surface area contributed by atoms with Crippen molar-refractivity contribution in [2.75, 3.05) is 13.1 Å². The van der Waals surface area contributed by atoms with Gasteiger partial charge in [-0.05, 0) is 26.2 Å². The Labute approximate surface area is 158 Å². The second-order valence-electron chi connectivity index (χ2n) is 7.48. The van der Waals surface area contributed by atoms with E-state index < -0.39 is 30.0 Å². The molecule has 1 aliphatic heterocycles. The van der Waals surface area contributed by atoms with Crippen molar-refractivity contribution in [3.63, 3.8) is 0 Å². The Balaban J connectivity index is 1.44. The number of carbonyl (C=O) groups excluding carboxylic acids is 2. The smallest absolute Gasteiger partial charge is 0.344 e. The lowest BCUT2D eigenvalue weighted by Gasteiger charge is -2.22. The molecule has 2 aromatic rings. The molecular formula is C18H20F3N5O2. The van der Waals surface area contributed by atoms with Crippen molar-refractivity contribution in [1.82, 2.24) is 25.2 Å². The number of fused-ring (bicyclic) bond motifs is 1. The highest BCUT2D eigenvalue weighted by molar-refractivity contribution is 6.05. The van der Waals surface area contributed by atoms with Gasteiger partial charge in [0.25, 0.3) is 5.91 Å². The van der Waals surface area contributed by atoms with Crippen molar-refractivity contribution >= 4 is 23.0 Å². The number of hydrogen-bond acceptors (Lipinski definition) is 4. The lowest BCUT2D eigenvalue weighted by molar-refractivity contribution is -0.171. The second kappa shape index (κ2) is 6.75. The van der Waals surface area contributed by atoms with Gasteiger partial charge in [0.05, 0.1) is 23.4 Å². The van der Waals surface area contributed by atoms with Crippen LogP contribution >= 0.6 is 0 Å². The van der Waals surface area contributed by atoms with Crippen LogP contribution in [0.4, 0.5) is 13.2 Å². The van der Waals surface area contributed by atoms with Crippen LogP contribution in [0.1, 0.15) is 48.2 Å². The standard InChI is InChI=1S/C18H20F3N5O2/c1-9(17(28)26-5-4-11(8-26)18(19,20)21)24-16(27)12-6-22-15-14(12)25-13(7-23-15)10-2-3-10/h6-7,9-11H,2-5,8H2,1H3,(H,22,23)(H,24,27)/t9-,11?/m1/s1. The van der Waals surface area contributed by atoms with Gasteiger partial charge in [0.2, 0.25) is 5.91 Å². The van der Waals surface area contributed by atoms with Gasteiger partial charge in [0, 0.05) is 25.2 Å². The third-order valence-corrected chi connectivity index (χ3v) is 5.32. The maximum absolute atomic E-state index is 12.8. The number of amides is 2. The first-order valence-electron chi connectivity index (χ1n) is 9.24. The quantitative estimate of drug-likeness (QED) is 0.832. The number of aromatic amines is 1. The van der Waals surface area contributed by atoms with Gasteiger partial charge in [-0.2, -0.15) is 13.2 Å². The van der Waals surface area contributed by atoms with Crippen LogP contribution in [0.2, 0.25) is 0 Å². The lowest BCUT2D eigenvalue weighted by Crippen LogP contribution is -2.46. The second-order valence-corrected chi connectivity index (χ2v) is 7.48. The number of halogens is 3. The molecule has 2 fully saturated rings. The van der Waals surface area contributed by atoms with Crippen molar-refractivity contribution in [2.45, 2.75) is 44.3 Å². The molecule has 0 spiro atoms. The SMILES string of the molecule is C[C@@H](NC(=O)c1c[nH]c2ncc(C3CC3)nc12)C(=O)N1CCC(C(F)(F)F)C1. The zero-order valence-corrected chi connectivity index (χ0v) is 15.2. The topological polar surface area (TPSA) is 91.0 Å². The van der Waals surface area contributed by atoms with E-state index in [0.29, 0.717) is 17.1 Å². The van der Waals surface area contributed by atoms with Gasteiger partial charge in [-0.1, -0.05) is 0 Å². The third kappa shape index (κ3) is 3.55. The summed E-state index contributed by atoms with van der Waals surface area (Å²) in [6.07, 6.45) is 0.832. The zero-order chi connectivity index (χ0) is 20.1. The minimum absolute atomic E-state index is 0.0343. The van der Waals surface area contributed by atoms with Crippen molar-refractivity contribution in [3.8, 4) is 0 Å². The summed E-state index contributed by atoms with van der Waals surface area (Å²) in [5.74, 6) is -2.17. The highest BCUT2D eigenvalue weighted by Gasteiger charge is 2.45. The third-order valence-electron chi connectivity index (χ3n) is 5.32. The van der Waals surface area contributed by atoms with E-state index in [2.05, 4.69) is 20.3 Å². The molecule has 1 unspecified atom stereocenters. The number of hydrogen-bond donors (Lipinski definition) is 2. The number of nitrogens with one attached hydrogen (secondary N) is 2. The van der Waals surface area contributed by atoms with Crippen LogP contribution in [0.3, 0.4) is 0 Å². The summed E-state index contributed by atoms with van der Waals surface area (Å²) < 4.78 is 38.4. The lowest BCUT2D eigenvalue weighted by atomic mass is 10.1. The average Bonchev–Trinajstić information content (AvgIpc) is 3.20. The molecule has 7 nitrogen and oxygen atoms in total. The zero-order valence-electron chi connectivity index (χ0n) is 15.2. The number of nitrogens with zero attached hydrogens (tertiary/aromatic N) is 3. The number of alkyl halides is 3. The van der Waals surface area contributed by atoms with Crippen LogP contribution in [0, 0.1) is 5.92 Å². The summed E-state index contributed by atoms with van der Waals surface area (Å²) in [4.78, 5) is 37.9. The summed E-state index contributed by atoms with van der Waals surface area (Å²) in [6.45, 7) is 1.13. The van der Waals surface area contributed by atoms with Crippen LogP contribution < -0.4 is 5.32 Å². The van der Waals surface area contributed by atoms with Crippen LogP contribution in [-0.2, 0) is 4.79 Å². The summed E-state index contributed by atoms with van der Waals surface area (Å²) >= 11 is 0. The van der Waals surface area contributed by atoms with E-state index >= 15 is 0 Å². The Hall–Kier alpha value is -2.65.